The van der Waals surface area contributed by atoms with E-state index in [1.54, 1.807) is 36.4 Å². The highest BCUT2D eigenvalue weighted by atomic mass is 16.5. The lowest BCUT2D eigenvalue weighted by Gasteiger charge is -2.28. The van der Waals surface area contributed by atoms with Gasteiger partial charge in [-0.2, -0.15) is 0 Å². The van der Waals surface area contributed by atoms with Crippen molar-refractivity contribution in [2.75, 3.05) is 13.2 Å². The van der Waals surface area contributed by atoms with Crippen LogP contribution in [-0.4, -0.2) is 19.2 Å². The van der Waals surface area contributed by atoms with E-state index in [9.17, 15) is 4.79 Å². The molecule has 2 aromatic carbocycles. The molecule has 0 radical (unpaired) electrons. The zero-order valence-electron chi connectivity index (χ0n) is 22.8. The maximum Gasteiger partial charge on any atom is 0.343 e. The van der Waals surface area contributed by atoms with Crippen LogP contribution in [0.5, 0.6) is 17.2 Å². The normalized spacial score (nSPS) is 17.2. The van der Waals surface area contributed by atoms with Gasteiger partial charge in [-0.25, -0.2) is 4.79 Å². The first kappa shape index (κ1) is 28.8. The monoisotopic (exact) mass is 506 g/mol. The molecule has 37 heavy (non-hydrogen) atoms. The SMILES string of the molecule is C=CCCCCOc1ccc(C(=O)Oc2ccc(OCCC[C@H]3CC[C@H](CCCCC)CC3)cc2)cc1. The van der Waals surface area contributed by atoms with Crippen LogP contribution < -0.4 is 14.2 Å². The van der Waals surface area contributed by atoms with Crippen molar-refractivity contribution in [1.29, 1.82) is 0 Å². The second-order valence-corrected chi connectivity index (χ2v) is 10.4. The number of esters is 1. The highest BCUT2D eigenvalue weighted by Gasteiger charge is 2.20. The van der Waals surface area contributed by atoms with E-state index >= 15 is 0 Å². The molecular formula is C33H46O4. The van der Waals surface area contributed by atoms with Gasteiger partial charge in [-0.3, -0.25) is 0 Å². The van der Waals surface area contributed by atoms with Crippen LogP contribution in [0.25, 0.3) is 0 Å². The molecule has 1 aliphatic carbocycles. The molecule has 4 nitrogen and oxygen atoms in total. The maximum atomic E-state index is 12.5. The summed E-state index contributed by atoms with van der Waals surface area (Å²) in [5.41, 5.74) is 0.495. The van der Waals surface area contributed by atoms with Crippen molar-refractivity contribution in [2.45, 2.75) is 90.4 Å². The average molecular weight is 507 g/mol. The van der Waals surface area contributed by atoms with Gasteiger partial charge in [0.15, 0.2) is 0 Å². The fourth-order valence-corrected chi connectivity index (χ4v) is 5.09. The van der Waals surface area contributed by atoms with Gasteiger partial charge in [0.05, 0.1) is 18.8 Å². The van der Waals surface area contributed by atoms with E-state index in [4.69, 9.17) is 14.2 Å². The minimum atomic E-state index is -0.383. The Morgan fingerprint density at radius 3 is 1.89 bits per heavy atom. The van der Waals surface area contributed by atoms with Crippen LogP contribution >= 0.6 is 0 Å². The Balaban J connectivity index is 1.30. The Kier molecular flexibility index (Phi) is 13.2. The summed E-state index contributed by atoms with van der Waals surface area (Å²) < 4.78 is 17.2. The molecule has 0 unspecified atom stereocenters. The standard InChI is InChI=1S/C33H46O4/c1-3-5-7-9-25-35-30-19-17-29(18-20-30)33(34)37-32-23-21-31(22-24-32)36-26-10-12-28-15-13-27(14-16-28)11-8-6-4-2/h3,17-24,27-28H,1,4-16,25-26H2,2H3/t27-,28-. The van der Waals surface area contributed by atoms with E-state index in [0.717, 1.165) is 55.6 Å². The van der Waals surface area contributed by atoms with E-state index in [-0.39, 0.29) is 5.97 Å². The second-order valence-electron chi connectivity index (χ2n) is 10.4. The lowest BCUT2D eigenvalue weighted by molar-refractivity contribution is 0.0734. The smallest absolute Gasteiger partial charge is 0.343 e. The molecule has 0 amide bonds. The van der Waals surface area contributed by atoms with Gasteiger partial charge in [0, 0.05) is 0 Å². The summed E-state index contributed by atoms with van der Waals surface area (Å²) in [4.78, 5) is 12.5. The number of benzene rings is 2. The predicted molar refractivity (Wildman–Crippen MR) is 152 cm³/mol. The summed E-state index contributed by atoms with van der Waals surface area (Å²) in [5, 5.41) is 0. The first-order chi connectivity index (χ1) is 18.2. The van der Waals surface area contributed by atoms with E-state index in [2.05, 4.69) is 13.5 Å². The summed E-state index contributed by atoms with van der Waals surface area (Å²) in [6.07, 6.45) is 18.5. The third-order valence-electron chi connectivity index (χ3n) is 7.40. The number of hydrogen-bond donors (Lipinski definition) is 0. The molecule has 0 N–H and O–H groups in total. The van der Waals surface area contributed by atoms with Gasteiger partial charge in [0.1, 0.15) is 17.2 Å². The molecule has 0 aromatic heterocycles. The molecule has 0 aliphatic heterocycles. The minimum Gasteiger partial charge on any atom is -0.494 e. The first-order valence-electron chi connectivity index (χ1n) is 14.5. The Morgan fingerprint density at radius 1 is 0.757 bits per heavy atom. The molecular weight excluding hydrogens is 460 g/mol. The average Bonchev–Trinajstić information content (AvgIpc) is 2.93. The molecule has 202 valence electrons. The third-order valence-corrected chi connectivity index (χ3v) is 7.40. The van der Waals surface area contributed by atoms with Crippen molar-refractivity contribution in [2.24, 2.45) is 11.8 Å². The Morgan fingerprint density at radius 2 is 1.30 bits per heavy atom. The molecule has 1 aliphatic rings. The Labute approximate surface area is 224 Å². The van der Waals surface area contributed by atoms with Gasteiger partial charge in [-0.15, -0.1) is 6.58 Å². The Hall–Kier alpha value is -2.75. The number of allylic oxidation sites excluding steroid dienone is 1. The van der Waals surface area contributed by atoms with Gasteiger partial charge in [0.2, 0.25) is 0 Å². The summed E-state index contributed by atoms with van der Waals surface area (Å²) in [7, 11) is 0. The molecule has 2 aromatic rings. The van der Waals surface area contributed by atoms with Gasteiger partial charge in [-0.1, -0.05) is 64.4 Å². The largest absolute Gasteiger partial charge is 0.494 e. The Bertz CT molecular complexity index is 895. The van der Waals surface area contributed by atoms with E-state index in [0.29, 0.717) is 17.9 Å². The van der Waals surface area contributed by atoms with Crippen molar-refractivity contribution in [1.82, 2.24) is 0 Å². The number of carbonyl (C=O) groups excluding carboxylic acids is 1. The number of ether oxygens (including phenoxy) is 3. The van der Waals surface area contributed by atoms with E-state index < -0.39 is 0 Å². The highest BCUT2D eigenvalue weighted by Crippen LogP contribution is 2.34. The van der Waals surface area contributed by atoms with Gasteiger partial charge in [-0.05, 0) is 92.5 Å². The third kappa shape index (κ3) is 11.0. The molecule has 0 heterocycles. The number of unbranched alkanes of at least 4 members (excludes halogenated alkanes) is 4. The van der Waals surface area contributed by atoms with Crippen molar-refractivity contribution < 1.29 is 19.0 Å². The minimum absolute atomic E-state index is 0.383. The lowest BCUT2D eigenvalue weighted by atomic mass is 9.78. The van der Waals surface area contributed by atoms with Crippen LogP contribution in [0.15, 0.2) is 61.2 Å². The van der Waals surface area contributed by atoms with Gasteiger partial charge >= 0.3 is 5.97 Å². The van der Waals surface area contributed by atoms with Crippen LogP contribution in [-0.2, 0) is 0 Å². The topological polar surface area (TPSA) is 44.8 Å². The van der Waals surface area contributed by atoms with Crippen molar-refractivity contribution in [3.05, 3.63) is 66.7 Å². The fraction of sp³-hybridized carbons (Fsp3) is 0.545. The fourth-order valence-electron chi connectivity index (χ4n) is 5.09. The van der Waals surface area contributed by atoms with Crippen molar-refractivity contribution in [3.63, 3.8) is 0 Å². The van der Waals surface area contributed by atoms with Crippen LogP contribution in [0.4, 0.5) is 0 Å². The molecule has 1 saturated carbocycles. The number of hydrogen-bond acceptors (Lipinski definition) is 4. The van der Waals surface area contributed by atoms with Crippen LogP contribution in [0, 0.1) is 11.8 Å². The molecule has 0 atom stereocenters. The van der Waals surface area contributed by atoms with Gasteiger partial charge < -0.3 is 14.2 Å². The molecule has 0 spiro atoms. The molecule has 3 rings (SSSR count). The first-order valence-corrected chi connectivity index (χ1v) is 14.5. The zero-order valence-corrected chi connectivity index (χ0v) is 22.8. The van der Waals surface area contributed by atoms with Crippen LogP contribution in [0.2, 0.25) is 0 Å². The molecule has 0 bridgehead atoms. The molecule has 4 heteroatoms. The van der Waals surface area contributed by atoms with Crippen LogP contribution in [0.1, 0.15) is 101 Å². The number of rotatable bonds is 17. The van der Waals surface area contributed by atoms with Crippen molar-refractivity contribution >= 4 is 5.97 Å². The highest BCUT2D eigenvalue weighted by molar-refractivity contribution is 5.91. The lowest BCUT2D eigenvalue weighted by Crippen LogP contribution is -2.15. The summed E-state index contributed by atoms with van der Waals surface area (Å²) in [6, 6.07) is 14.4. The van der Waals surface area contributed by atoms with Crippen LogP contribution in [0.3, 0.4) is 0 Å². The quantitative estimate of drug-likeness (QED) is 0.0928. The zero-order chi connectivity index (χ0) is 26.1. The van der Waals surface area contributed by atoms with Gasteiger partial charge in [0.25, 0.3) is 0 Å². The number of carbonyl (C=O) groups is 1. The van der Waals surface area contributed by atoms with Crippen molar-refractivity contribution in [3.8, 4) is 17.2 Å². The summed E-state index contributed by atoms with van der Waals surface area (Å²) >= 11 is 0. The summed E-state index contributed by atoms with van der Waals surface area (Å²) in [5.74, 6) is 3.54. The molecule has 1 fully saturated rings. The maximum absolute atomic E-state index is 12.5. The molecule has 0 saturated heterocycles. The second kappa shape index (κ2) is 16.9. The van der Waals surface area contributed by atoms with E-state index in [1.165, 1.54) is 57.8 Å². The summed E-state index contributed by atoms with van der Waals surface area (Å²) in [6.45, 7) is 7.40. The predicted octanol–water partition coefficient (Wildman–Crippen LogP) is 9.19. The van der Waals surface area contributed by atoms with E-state index in [1.807, 2.05) is 18.2 Å².